The van der Waals surface area contributed by atoms with Crippen LogP contribution in [0.15, 0.2) is 23.7 Å². The third-order valence-corrected chi connectivity index (χ3v) is 3.26. The van der Waals surface area contributed by atoms with Crippen LogP contribution in [0.1, 0.15) is 17.8 Å². The molecule has 2 aromatic rings. The predicted octanol–water partition coefficient (Wildman–Crippen LogP) is 3.32. The quantitative estimate of drug-likeness (QED) is 0.885. The third-order valence-electron chi connectivity index (χ3n) is 2.45. The zero-order valence-electron chi connectivity index (χ0n) is 10.5. The maximum atomic E-state index is 12.4. The number of alkyl halides is 3. The minimum Gasteiger partial charge on any atom is -0.481 e. The number of halogens is 3. The van der Waals surface area contributed by atoms with E-state index in [1.807, 2.05) is 0 Å². The molecule has 0 aliphatic rings. The molecule has 112 valence electrons. The number of hydrogen-bond donors (Lipinski definition) is 2. The molecule has 0 spiro atoms. The average molecular weight is 317 g/mol. The molecule has 5 nitrogen and oxygen atoms in total. The Morgan fingerprint density at radius 3 is 2.71 bits per heavy atom. The number of rotatable bonds is 5. The minimum absolute atomic E-state index is 0.0228. The van der Waals surface area contributed by atoms with Crippen LogP contribution in [-0.4, -0.2) is 21.0 Å². The van der Waals surface area contributed by atoms with Gasteiger partial charge in [-0.25, -0.2) is 9.97 Å². The van der Waals surface area contributed by atoms with E-state index in [0.29, 0.717) is 22.9 Å². The van der Waals surface area contributed by atoms with E-state index >= 15 is 0 Å². The van der Waals surface area contributed by atoms with Gasteiger partial charge < -0.3 is 10.4 Å². The minimum atomic E-state index is -4.47. The molecule has 21 heavy (non-hydrogen) atoms. The summed E-state index contributed by atoms with van der Waals surface area (Å²) in [5.41, 5.74) is 0.0289. The second-order valence-corrected chi connectivity index (χ2v) is 4.95. The summed E-state index contributed by atoms with van der Waals surface area (Å²) in [5.74, 6) is -0.913. The number of pyridine rings is 1. The first kappa shape index (κ1) is 15.2. The fraction of sp³-hybridized carbons (Fsp3) is 0.250. The van der Waals surface area contributed by atoms with Crippen molar-refractivity contribution in [3.05, 3.63) is 35.1 Å². The summed E-state index contributed by atoms with van der Waals surface area (Å²) >= 11 is 1.24. The summed E-state index contributed by atoms with van der Waals surface area (Å²) in [6.07, 6.45) is -3.12. The maximum absolute atomic E-state index is 12.4. The van der Waals surface area contributed by atoms with Crippen molar-refractivity contribution in [2.45, 2.75) is 19.0 Å². The molecule has 0 aliphatic heterocycles. The second kappa shape index (κ2) is 6.08. The molecule has 0 bridgehead atoms. The van der Waals surface area contributed by atoms with E-state index in [2.05, 4.69) is 15.3 Å². The Morgan fingerprint density at radius 1 is 1.38 bits per heavy atom. The van der Waals surface area contributed by atoms with Crippen LogP contribution in [0.3, 0.4) is 0 Å². The Balaban J connectivity index is 2.00. The van der Waals surface area contributed by atoms with E-state index in [4.69, 9.17) is 5.11 Å². The maximum Gasteiger partial charge on any atom is 0.433 e. The van der Waals surface area contributed by atoms with E-state index in [-0.39, 0.29) is 6.42 Å². The highest BCUT2D eigenvalue weighted by Gasteiger charge is 2.32. The number of carboxylic acid groups (broad SMARTS) is 1. The zero-order valence-corrected chi connectivity index (χ0v) is 11.3. The van der Waals surface area contributed by atoms with Crippen LogP contribution in [-0.2, 0) is 17.4 Å². The van der Waals surface area contributed by atoms with Crippen LogP contribution in [0.4, 0.5) is 24.0 Å². The van der Waals surface area contributed by atoms with Gasteiger partial charge in [-0.05, 0) is 12.1 Å². The molecular weight excluding hydrogens is 307 g/mol. The fourth-order valence-electron chi connectivity index (χ4n) is 1.47. The van der Waals surface area contributed by atoms with Crippen LogP contribution in [0.2, 0.25) is 0 Å². The highest BCUT2D eigenvalue weighted by molar-refractivity contribution is 7.13. The number of nitrogens with one attached hydrogen (secondary N) is 1. The molecule has 0 saturated heterocycles. The van der Waals surface area contributed by atoms with Crippen LogP contribution >= 0.6 is 11.3 Å². The van der Waals surface area contributed by atoms with E-state index in [1.54, 1.807) is 5.38 Å². The molecular formula is C12H10F3N3O2S. The second-order valence-electron chi connectivity index (χ2n) is 4.09. The molecule has 0 unspecified atom stereocenters. The molecule has 0 aliphatic carbocycles. The number of thiazole rings is 1. The first-order valence-electron chi connectivity index (χ1n) is 5.81. The first-order valence-corrected chi connectivity index (χ1v) is 6.69. The van der Waals surface area contributed by atoms with E-state index in [9.17, 15) is 18.0 Å². The fourth-order valence-corrected chi connectivity index (χ4v) is 2.24. The molecule has 2 aromatic heterocycles. The van der Waals surface area contributed by atoms with Crippen molar-refractivity contribution in [3.63, 3.8) is 0 Å². The summed E-state index contributed by atoms with van der Waals surface area (Å²) in [7, 11) is 0. The van der Waals surface area contributed by atoms with Gasteiger partial charge in [0.25, 0.3) is 0 Å². The number of carboxylic acids is 1. The summed E-state index contributed by atoms with van der Waals surface area (Å²) in [6, 6.07) is 2.13. The Labute approximate surface area is 121 Å². The van der Waals surface area contributed by atoms with Gasteiger partial charge in [0.15, 0.2) is 5.13 Å². The van der Waals surface area contributed by atoms with Crippen molar-refractivity contribution in [3.8, 4) is 0 Å². The van der Waals surface area contributed by atoms with Gasteiger partial charge in [0, 0.05) is 11.8 Å². The third kappa shape index (κ3) is 4.42. The Bertz CT molecular complexity index is 625. The Hall–Kier alpha value is -2.16. The predicted molar refractivity (Wildman–Crippen MR) is 70.6 cm³/mol. The van der Waals surface area contributed by atoms with E-state index < -0.39 is 17.8 Å². The van der Waals surface area contributed by atoms with Gasteiger partial charge in [0.05, 0.1) is 24.0 Å². The number of aryl methyl sites for hydroxylation is 1. The van der Waals surface area contributed by atoms with Crippen molar-refractivity contribution in [1.29, 1.82) is 0 Å². The summed E-state index contributed by atoms with van der Waals surface area (Å²) in [6.45, 7) is 0. The normalized spacial score (nSPS) is 11.4. The van der Waals surface area contributed by atoms with E-state index in [1.165, 1.54) is 17.4 Å². The molecule has 0 saturated carbocycles. The lowest BCUT2D eigenvalue weighted by molar-refractivity contribution is -0.141. The average Bonchev–Trinajstić information content (AvgIpc) is 2.83. The van der Waals surface area contributed by atoms with Crippen LogP contribution < -0.4 is 5.32 Å². The molecule has 0 atom stereocenters. The van der Waals surface area contributed by atoms with Crippen LogP contribution in [0.5, 0.6) is 0 Å². The van der Waals surface area contributed by atoms with Crippen LogP contribution in [0.25, 0.3) is 0 Å². The molecule has 0 aromatic carbocycles. The monoisotopic (exact) mass is 317 g/mol. The van der Waals surface area contributed by atoms with Crippen LogP contribution in [0, 0.1) is 0 Å². The van der Waals surface area contributed by atoms with Gasteiger partial charge in [0.1, 0.15) is 5.69 Å². The number of aliphatic carboxylic acids is 1. The van der Waals surface area contributed by atoms with Gasteiger partial charge in [-0.1, -0.05) is 0 Å². The number of nitrogens with zero attached hydrogens (tertiary/aromatic N) is 2. The largest absolute Gasteiger partial charge is 0.481 e. The first-order chi connectivity index (χ1) is 9.84. The molecule has 2 N–H and O–H groups in total. The topological polar surface area (TPSA) is 75.1 Å². The van der Waals surface area contributed by atoms with Crippen molar-refractivity contribution in [2.75, 3.05) is 5.32 Å². The summed E-state index contributed by atoms with van der Waals surface area (Å²) in [4.78, 5) is 17.9. The summed E-state index contributed by atoms with van der Waals surface area (Å²) in [5, 5.41) is 13.6. The summed E-state index contributed by atoms with van der Waals surface area (Å²) < 4.78 is 37.1. The van der Waals surface area contributed by atoms with Gasteiger partial charge in [-0.2, -0.15) is 13.2 Å². The molecule has 2 rings (SSSR count). The molecule has 0 fully saturated rings. The number of aromatic nitrogens is 2. The van der Waals surface area contributed by atoms with Crippen molar-refractivity contribution in [2.24, 2.45) is 0 Å². The molecule has 0 amide bonds. The van der Waals surface area contributed by atoms with Crippen molar-refractivity contribution in [1.82, 2.24) is 9.97 Å². The van der Waals surface area contributed by atoms with Gasteiger partial charge >= 0.3 is 12.1 Å². The smallest absolute Gasteiger partial charge is 0.433 e. The lowest BCUT2D eigenvalue weighted by atomic mass is 10.2. The number of carbonyl (C=O) groups is 1. The highest BCUT2D eigenvalue weighted by Crippen LogP contribution is 2.28. The zero-order chi connectivity index (χ0) is 15.5. The van der Waals surface area contributed by atoms with Gasteiger partial charge in [-0.15, -0.1) is 11.3 Å². The standard InChI is InChI=1S/C12H10F3N3O2S/c13-12(14,15)9-3-1-7(5-16-9)17-11-18-8(6-21-11)2-4-10(19)20/h1,3,5-6H,2,4H2,(H,17,18)(H,19,20). The van der Waals surface area contributed by atoms with E-state index in [0.717, 1.165) is 12.3 Å². The molecule has 9 heteroatoms. The van der Waals surface area contributed by atoms with Gasteiger partial charge in [0.2, 0.25) is 0 Å². The van der Waals surface area contributed by atoms with Crippen molar-refractivity contribution >= 4 is 28.1 Å². The van der Waals surface area contributed by atoms with Gasteiger partial charge in [-0.3, -0.25) is 4.79 Å². The highest BCUT2D eigenvalue weighted by atomic mass is 32.1. The number of anilines is 2. The lowest BCUT2D eigenvalue weighted by Crippen LogP contribution is -2.07. The molecule has 2 heterocycles. The SMILES string of the molecule is O=C(O)CCc1csc(Nc2ccc(C(F)(F)F)nc2)n1. The Kier molecular flexibility index (Phi) is 4.41. The number of hydrogen-bond acceptors (Lipinski definition) is 5. The van der Waals surface area contributed by atoms with Crippen molar-refractivity contribution < 1.29 is 23.1 Å². The lowest BCUT2D eigenvalue weighted by Gasteiger charge is -2.06. The Morgan fingerprint density at radius 2 is 2.14 bits per heavy atom. The molecule has 0 radical (unpaired) electrons.